The smallest absolute Gasteiger partial charge is 0.0494 e. The largest absolute Gasteiger partial charge is 0.396 e. The van der Waals surface area contributed by atoms with Crippen molar-refractivity contribution in [3.05, 3.63) is 0 Å². The quantitative estimate of drug-likeness (QED) is 0.582. The molecule has 0 fully saturated rings. The van der Waals surface area contributed by atoms with E-state index in [1.54, 1.807) is 0 Å². The number of hydrogen-bond acceptors (Lipinski definition) is 3. The highest BCUT2D eigenvalue weighted by Crippen LogP contribution is 2.18. The third-order valence-corrected chi connectivity index (χ3v) is 2.87. The highest BCUT2D eigenvalue weighted by Gasteiger charge is 2.24. The van der Waals surface area contributed by atoms with Gasteiger partial charge in [-0.2, -0.15) is 0 Å². The van der Waals surface area contributed by atoms with E-state index in [-0.39, 0.29) is 24.2 Å². The summed E-state index contributed by atoms with van der Waals surface area (Å²) in [6.45, 7) is 9.42. The van der Waals surface area contributed by atoms with Crippen LogP contribution in [0, 0.1) is 5.41 Å². The van der Waals surface area contributed by atoms with Gasteiger partial charge in [-0.25, -0.2) is 0 Å². The molecular formula is C11H25NO2. The second kappa shape index (κ2) is 5.69. The van der Waals surface area contributed by atoms with Gasteiger partial charge in [-0.1, -0.05) is 20.8 Å². The van der Waals surface area contributed by atoms with E-state index in [9.17, 15) is 0 Å². The van der Waals surface area contributed by atoms with Crippen molar-refractivity contribution in [2.75, 3.05) is 19.8 Å². The summed E-state index contributed by atoms with van der Waals surface area (Å²) in [5.41, 5.74) is -0.104. The Labute approximate surface area is 87.5 Å². The lowest BCUT2D eigenvalue weighted by atomic mass is 9.90. The number of aliphatic hydroxyl groups excluding tert-OH is 2. The maximum absolute atomic E-state index is 9.10. The minimum Gasteiger partial charge on any atom is -0.396 e. The van der Waals surface area contributed by atoms with Crippen molar-refractivity contribution in [3.63, 3.8) is 0 Å². The van der Waals surface area contributed by atoms with E-state index in [1.807, 2.05) is 13.8 Å². The summed E-state index contributed by atoms with van der Waals surface area (Å²) in [7, 11) is 0. The molecule has 3 heteroatoms. The van der Waals surface area contributed by atoms with E-state index < -0.39 is 0 Å². The number of hydrogen-bond donors (Lipinski definition) is 3. The summed E-state index contributed by atoms with van der Waals surface area (Å²) >= 11 is 0. The van der Waals surface area contributed by atoms with Gasteiger partial charge in [0.15, 0.2) is 0 Å². The number of nitrogens with one attached hydrogen (secondary N) is 1. The molecule has 0 saturated carbocycles. The van der Waals surface area contributed by atoms with Gasteiger partial charge in [0.2, 0.25) is 0 Å². The molecule has 0 heterocycles. The monoisotopic (exact) mass is 203 g/mol. The molecule has 1 unspecified atom stereocenters. The van der Waals surface area contributed by atoms with E-state index >= 15 is 0 Å². The van der Waals surface area contributed by atoms with E-state index in [0.717, 1.165) is 19.4 Å². The molecule has 0 aromatic heterocycles. The summed E-state index contributed by atoms with van der Waals surface area (Å²) in [4.78, 5) is 0. The molecule has 0 aliphatic carbocycles. The standard InChI is InChI=1S/C11H25NO2/c1-5-11(4,6-7-13)12-8-10(2,3)9-14/h12-14H,5-9H2,1-4H3. The van der Waals surface area contributed by atoms with E-state index in [2.05, 4.69) is 19.2 Å². The first kappa shape index (κ1) is 13.9. The van der Waals surface area contributed by atoms with Crippen LogP contribution in [0.5, 0.6) is 0 Å². The van der Waals surface area contributed by atoms with Crippen molar-refractivity contribution >= 4 is 0 Å². The van der Waals surface area contributed by atoms with Gasteiger partial charge in [0.1, 0.15) is 0 Å². The zero-order valence-corrected chi connectivity index (χ0v) is 9.93. The van der Waals surface area contributed by atoms with Crippen LogP contribution >= 0.6 is 0 Å². The van der Waals surface area contributed by atoms with E-state index in [0.29, 0.717) is 0 Å². The maximum atomic E-state index is 9.10. The molecule has 0 aliphatic heterocycles. The van der Waals surface area contributed by atoms with Gasteiger partial charge in [-0.15, -0.1) is 0 Å². The van der Waals surface area contributed by atoms with Gasteiger partial charge in [-0.3, -0.25) is 0 Å². The third-order valence-electron chi connectivity index (χ3n) is 2.87. The Kier molecular flexibility index (Phi) is 5.64. The molecule has 3 nitrogen and oxygen atoms in total. The number of aliphatic hydroxyl groups is 2. The zero-order valence-electron chi connectivity index (χ0n) is 9.93. The van der Waals surface area contributed by atoms with Gasteiger partial charge in [0, 0.05) is 30.7 Å². The number of rotatable bonds is 7. The molecule has 14 heavy (non-hydrogen) atoms. The normalized spacial score (nSPS) is 16.7. The van der Waals surface area contributed by atoms with Crippen LogP contribution in [0.3, 0.4) is 0 Å². The summed E-state index contributed by atoms with van der Waals surface area (Å²) < 4.78 is 0. The van der Waals surface area contributed by atoms with E-state index in [1.165, 1.54) is 0 Å². The molecule has 0 saturated heterocycles. The van der Waals surface area contributed by atoms with Crippen LogP contribution in [-0.4, -0.2) is 35.5 Å². The van der Waals surface area contributed by atoms with Crippen molar-refractivity contribution in [2.24, 2.45) is 5.41 Å². The molecule has 86 valence electrons. The summed E-state index contributed by atoms with van der Waals surface area (Å²) in [5.74, 6) is 0. The van der Waals surface area contributed by atoms with Gasteiger partial charge in [-0.05, 0) is 19.8 Å². The predicted octanol–water partition coefficient (Wildman–Crippen LogP) is 1.15. The maximum Gasteiger partial charge on any atom is 0.0494 e. The Morgan fingerprint density at radius 2 is 1.71 bits per heavy atom. The molecular weight excluding hydrogens is 178 g/mol. The molecule has 0 spiro atoms. The van der Waals surface area contributed by atoms with Crippen LogP contribution in [0.15, 0.2) is 0 Å². The molecule has 0 amide bonds. The third kappa shape index (κ3) is 4.94. The van der Waals surface area contributed by atoms with Crippen LogP contribution in [0.4, 0.5) is 0 Å². The van der Waals surface area contributed by atoms with Gasteiger partial charge < -0.3 is 15.5 Å². The van der Waals surface area contributed by atoms with Crippen molar-refractivity contribution < 1.29 is 10.2 Å². The fourth-order valence-corrected chi connectivity index (χ4v) is 1.15. The Bertz CT molecular complexity index is 159. The lowest BCUT2D eigenvalue weighted by molar-refractivity contribution is 0.134. The summed E-state index contributed by atoms with van der Waals surface area (Å²) in [6, 6.07) is 0. The van der Waals surface area contributed by atoms with Crippen molar-refractivity contribution in [1.82, 2.24) is 5.32 Å². The lowest BCUT2D eigenvalue weighted by Crippen LogP contribution is -2.47. The first-order valence-electron chi connectivity index (χ1n) is 5.36. The molecule has 0 aromatic rings. The van der Waals surface area contributed by atoms with Gasteiger partial charge in [0.05, 0.1) is 0 Å². The average molecular weight is 203 g/mol. The van der Waals surface area contributed by atoms with Crippen LogP contribution < -0.4 is 5.32 Å². The van der Waals surface area contributed by atoms with Crippen molar-refractivity contribution in [1.29, 1.82) is 0 Å². The highest BCUT2D eigenvalue weighted by atomic mass is 16.3. The molecule has 0 aliphatic rings. The SMILES string of the molecule is CCC(C)(CCO)NCC(C)(C)CO. The second-order valence-electron chi connectivity index (χ2n) is 5.06. The van der Waals surface area contributed by atoms with Crippen molar-refractivity contribution in [2.45, 2.75) is 46.1 Å². The fourth-order valence-electron chi connectivity index (χ4n) is 1.15. The van der Waals surface area contributed by atoms with Crippen LogP contribution in [0.2, 0.25) is 0 Å². The van der Waals surface area contributed by atoms with Crippen LogP contribution in [0.25, 0.3) is 0 Å². The first-order chi connectivity index (χ1) is 6.39. The molecule has 0 rings (SSSR count). The highest BCUT2D eigenvalue weighted by molar-refractivity contribution is 4.84. The average Bonchev–Trinajstić information content (AvgIpc) is 2.16. The van der Waals surface area contributed by atoms with Gasteiger partial charge in [0.25, 0.3) is 0 Å². The fraction of sp³-hybridized carbons (Fsp3) is 1.00. The molecule has 0 bridgehead atoms. The van der Waals surface area contributed by atoms with Crippen LogP contribution in [0.1, 0.15) is 40.5 Å². The van der Waals surface area contributed by atoms with Crippen LogP contribution in [-0.2, 0) is 0 Å². The topological polar surface area (TPSA) is 52.5 Å². The molecule has 1 atom stereocenters. The molecule has 3 N–H and O–H groups in total. The lowest BCUT2D eigenvalue weighted by Gasteiger charge is -2.33. The Balaban J connectivity index is 4.06. The Hall–Kier alpha value is -0.120. The van der Waals surface area contributed by atoms with E-state index in [4.69, 9.17) is 10.2 Å². The Morgan fingerprint density at radius 3 is 2.07 bits per heavy atom. The minimum absolute atomic E-state index is 0.0127. The Morgan fingerprint density at radius 1 is 1.14 bits per heavy atom. The molecule has 0 aromatic carbocycles. The van der Waals surface area contributed by atoms with Crippen molar-refractivity contribution in [3.8, 4) is 0 Å². The summed E-state index contributed by atoms with van der Waals surface area (Å²) in [6.07, 6.45) is 1.74. The van der Waals surface area contributed by atoms with Gasteiger partial charge >= 0.3 is 0 Å². The zero-order chi connectivity index (χ0) is 11.2. The first-order valence-corrected chi connectivity index (χ1v) is 5.36. The molecule has 0 radical (unpaired) electrons. The minimum atomic E-state index is -0.0914. The summed E-state index contributed by atoms with van der Waals surface area (Å²) in [5, 5.41) is 21.5. The predicted molar refractivity (Wildman–Crippen MR) is 59.3 cm³/mol. The second-order valence-corrected chi connectivity index (χ2v) is 5.06.